The fourth-order valence-corrected chi connectivity index (χ4v) is 2.73. The molecule has 146 valence electrons. The Morgan fingerprint density at radius 3 is 2.37 bits per heavy atom. The molecule has 5 nitrogen and oxygen atoms in total. The van der Waals surface area contributed by atoms with Gasteiger partial charge < -0.3 is 20.5 Å². The van der Waals surface area contributed by atoms with Crippen LogP contribution < -0.4 is 20.5 Å². The maximum atomic E-state index is 12.4. The standard InChI is InChI=1S/C22H30N2O3/c1-15(2)14-27-20-11-10-18(12-21(20)26-4)16(3)24-22(25)13-19(23)17-8-6-5-7-9-17/h5-12,15-16,19H,13-14,23H2,1-4H3,(H,24,25). The highest BCUT2D eigenvalue weighted by Gasteiger charge is 2.16. The lowest BCUT2D eigenvalue weighted by Gasteiger charge is -2.19. The van der Waals surface area contributed by atoms with Crippen LogP contribution in [0.3, 0.4) is 0 Å². The number of amides is 1. The summed E-state index contributed by atoms with van der Waals surface area (Å²) in [6.45, 7) is 6.76. The molecule has 2 aromatic rings. The number of hydrogen-bond donors (Lipinski definition) is 2. The Balaban J connectivity index is 1.98. The SMILES string of the molecule is COc1cc(C(C)NC(=O)CC(N)c2ccccc2)ccc1OCC(C)C. The van der Waals surface area contributed by atoms with E-state index < -0.39 is 0 Å². The van der Waals surface area contributed by atoms with Gasteiger partial charge in [-0.25, -0.2) is 0 Å². The molecule has 0 saturated heterocycles. The van der Waals surface area contributed by atoms with E-state index in [9.17, 15) is 4.79 Å². The van der Waals surface area contributed by atoms with Gasteiger partial charge in [-0.3, -0.25) is 4.79 Å². The van der Waals surface area contributed by atoms with Gasteiger partial charge in [0.15, 0.2) is 11.5 Å². The van der Waals surface area contributed by atoms with E-state index in [1.165, 1.54) is 0 Å². The average molecular weight is 370 g/mol. The molecule has 0 radical (unpaired) electrons. The van der Waals surface area contributed by atoms with Crippen molar-refractivity contribution in [1.29, 1.82) is 0 Å². The van der Waals surface area contributed by atoms with E-state index >= 15 is 0 Å². The minimum atomic E-state index is -0.320. The zero-order chi connectivity index (χ0) is 19.8. The molecule has 5 heteroatoms. The number of nitrogens with one attached hydrogen (secondary N) is 1. The lowest BCUT2D eigenvalue weighted by molar-refractivity contribution is -0.122. The summed E-state index contributed by atoms with van der Waals surface area (Å²) in [7, 11) is 1.61. The lowest BCUT2D eigenvalue weighted by Crippen LogP contribution is -2.29. The molecule has 2 unspecified atom stereocenters. The second kappa shape index (κ2) is 9.97. The van der Waals surface area contributed by atoms with Gasteiger partial charge in [0.25, 0.3) is 0 Å². The van der Waals surface area contributed by atoms with Crippen LogP contribution in [0.15, 0.2) is 48.5 Å². The van der Waals surface area contributed by atoms with Crippen molar-refractivity contribution >= 4 is 5.91 Å². The molecule has 0 fully saturated rings. The monoisotopic (exact) mass is 370 g/mol. The van der Waals surface area contributed by atoms with Crippen molar-refractivity contribution in [3.8, 4) is 11.5 Å². The Kier molecular flexibility index (Phi) is 7.67. The van der Waals surface area contributed by atoms with Crippen LogP contribution in [-0.2, 0) is 4.79 Å². The summed E-state index contributed by atoms with van der Waals surface area (Å²) < 4.78 is 11.2. The van der Waals surface area contributed by atoms with Crippen molar-refractivity contribution in [1.82, 2.24) is 5.32 Å². The molecule has 0 aliphatic rings. The normalized spacial score (nSPS) is 13.1. The van der Waals surface area contributed by atoms with Gasteiger partial charge in [-0.15, -0.1) is 0 Å². The largest absolute Gasteiger partial charge is 0.493 e. The van der Waals surface area contributed by atoms with Crippen LogP contribution in [0.5, 0.6) is 11.5 Å². The fourth-order valence-electron chi connectivity index (χ4n) is 2.73. The number of benzene rings is 2. The zero-order valence-corrected chi connectivity index (χ0v) is 16.6. The lowest BCUT2D eigenvalue weighted by atomic mass is 10.0. The van der Waals surface area contributed by atoms with Crippen molar-refractivity contribution in [3.63, 3.8) is 0 Å². The molecule has 0 aliphatic carbocycles. The molecule has 2 atom stereocenters. The van der Waals surface area contributed by atoms with E-state index in [1.807, 2.05) is 55.5 Å². The van der Waals surface area contributed by atoms with Gasteiger partial charge in [0.2, 0.25) is 5.91 Å². The van der Waals surface area contributed by atoms with Crippen LogP contribution >= 0.6 is 0 Å². The summed E-state index contributed by atoms with van der Waals surface area (Å²) in [5, 5.41) is 3.00. The summed E-state index contributed by atoms with van der Waals surface area (Å²) in [6, 6.07) is 14.9. The highest BCUT2D eigenvalue weighted by Crippen LogP contribution is 2.30. The first-order valence-corrected chi connectivity index (χ1v) is 9.31. The zero-order valence-electron chi connectivity index (χ0n) is 16.6. The molecule has 0 aromatic heterocycles. The second-order valence-electron chi connectivity index (χ2n) is 7.13. The molecule has 1 amide bonds. The predicted molar refractivity (Wildman–Crippen MR) is 108 cm³/mol. The Labute approximate surface area is 161 Å². The molecule has 0 bridgehead atoms. The average Bonchev–Trinajstić information content (AvgIpc) is 2.66. The van der Waals surface area contributed by atoms with Crippen molar-refractivity contribution in [2.75, 3.05) is 13.7 Å². The van der Waals surface area contributed by atoms with Gasteiger partial charge in [-0.1, -0.05) is 50.2 Å². The third kappa shape index (κ3) is 6.29. The van der Waals surface area contributed by atoms with Gasteiger partial charge in [0, 0.05) is 12.5 Å². The van der Waals surface area contributed by atoms with Crippen molar-refractivity contribution in [3.05, 3.63) is 59.7 Å². The number of methoxy groups -OCH3 is 1. The molecule has 0 saturated carbocycles. The number of carbonyl (C=O) groups excluding carboxylic acids is 1. The fraction of sp³-hybridized carbons (Fsp3) is 0.409. The minimum absolute atomic E-state index is 0.0852. The number of rotatable bonds is 9. The Morgan fingerprint density at radius 2 is 1.74 bits per heavy atom. The molecule has 3 N–H and O–H groups in total. The van der Waals surface area contributed by atoms with E-state index in [-0.39, 0.29) is 24.4 Å². The maximum absolute atomic E-state index is 12.4. The van der Waals surface area contributed by atoms with E-state index in [4.69, 9.17) is 15.2 Å². The quantitative estimate of drug-likeness (QED) is 0.700. The summed E-state index contributed by atoms with van der Waals surface area (Å²) in [5.41, 5.74) is 8.04. The van der Waals surface area contributed by atoms with Gasteiger partial charge in [-0.2, -0.15) is 0 Å². The molecular formula is C22H30N2O3. The number of hydrogen-bond acceptors (Lipinski definition) is 4. The summed E-state index contributed by atoms with van der Waals surface area (Å²) in [5.74, 6) is 1.72. The third-order valence-electron chi connectivity index (χ3n) is 4.27. The van der Waals surface area contributed by atoms with Gasteiger partial charge in [-0.05, 0) is 36.1 Å². The predicted octanol–water partition coefficient (Wildman–Crippen LogP) is 4.00. The highest BCUT2D eigenvalue weighted by molar-refractivity contribution is 5.77. The molecule has 27 heavy (non-hydrogen) atoms. The summed E-state index contributed by atoms with van der Waals surface area (Å²) >= 11 is 0. The van der Waals surface area contributed by atoms with Crippen LogP contribution in [0.4, 0.5) is 0 Å². The molecule has 0 heterocycles. The molecule has 2 aromatic carbocycles. The van der Waals surface area contributed by atoms with E-state index in [0.29, 0.717) is 24.0 Å². The van der Waals surface area contributed by atoms with Gasteiger partial charge >= 0.3 is 0 Å². The summed E-state index contributed by atoms with van der Waals surface area (Å²) in [4.78, 5) is 12.4. The van der Waals surface area contributed by atoms with Gasteiger partial charge in [0.05, 0.1) is 19.8 Å². The molecule has 2 rings (SSSR count). The van der Waals surface area contributed by atoms with Crippen LogP contribution in [0.2, 0.25) is 0 Å². The van der Waals surface area contributed by atoms with Crippen molar-refractivity contribution in [2.24, 2.45) is 11.7 Å². The van der Waals surface area contributed by atoms with E-state index in [2.05, 4.69) is 19.2 Å². The first-order valence-electron chi connectivity index (χ1n) is 9.31. The minimum Gasteiger partial charge on any atom is -0.493 e. The topological polar surface area (TPSA) is 73.6 Å². The maximum Gasteiger partial charge on any atom is 0.222 e. The van der Waals surface area contributed by atoms with Crippen LogP contribution in [0.25, 0.3) is 0 Å². The van der Waals surface area contributed by atoms with Crippen LogP contribution in [-0.4, -0.2) is 19.6 Å². The third-order valence-corrected chi connectivity index (χ3v) is 4.27. The highest BCUT2D eigenvalue weighted by atomic mass is 16.5. The Hall–Kier alpha value is -2.53. The molecular weight excluding hydrogens is 340 g/mol. The number of carbonyl (C=O) groups is 1. The van der Waals surface area contributed by atoms with E-state index in [0.717, 1.165) is 11.1 Å². The molecule has 0 spiro atoms. The smallest absolute Gasteiger partial charge is 0.222 e. The van der Waals surface area contributed by atoms with Crippen molar-refractivity contribution < 1.29 is 14.3 Å². The first-order chi connectivity index (χ1) is 12.9. The van der Waals surface area contributed by atoms with E-state index in [1.54, 1.807) is 7.11 Å². The van der Waals surface area contributed by atoms with Crippen LogP contribution in [0, 0.1) is 5.92 Å². The summed E-state index contributed by atoms with van der Waals surface area (Å²) in [6.07, 6.45) is 0.237. The van der Waals surface area contributed by atoms with Gasteiger partial charge in [0.1, 0.15) is 0 Å². The van der Waals surface area contributed by atoms with Crippen molar-refractivity contribution in [2.45, 2.75) is 39.3 Å². The van der Waals surface area contributed by atoms with Crippen LogP contribution in [0.1, 0.15) is 50.4 Å². The number of ether oxygens (including phenoxy) is 2. The Bertz CT molecular complexity index is 732. The Morgan fingerprint density at radius 1 is 1.04 bits per heavy atom. The second-order valence-corrected chi connectivity index (χ2v) is 7.13. The first kappa shape index (κ1) is 20.8. The number of nitrogens with two attached hydrogens (primary N) is 1. The molecule has 0 aliphatic heterocycles.